The van der Waals surface area contributed by atoms with Crippen molar-refractivity contribution in [2.45, 2.75) is 39.7 Å². The summed E-state index contributed by atoms with van der Waals surface area (Å²) in [5.74, 6) is 1.73. The number of anilines is 1. The first-order valence-electron chi connectivity index (χ1n) is 7.99. The minimum Gasteiger partial charge on any atom is -0.493 e. The van der Waals surface area contributed by atoms with Gasteiger partial charge in [-0.2, -0.15) is 0 Å². The molecular weight excluding hydrogens is 304 g/mol. The van der Waals surface area contributed by atoms with Crippen molar-refractivity contribution in [2.75, 3.05) is 12.4 Å². The van der Waals surface area contributed by atoms with E-state index in [1.54, 1.807) is 25.3 Å². The summed E-state index contributed by atoms with van der Waals surface area (Å²) in [4.78, 5) is 16.5. The molecule has 1 atom stereocenters. The zero-order valence-electron chi connectivity index (χ0n) is 14.8. The van der Waals surface area contributed by atoms with Crippen LogP contribution >= 0.6 is 0 Å². The van der Waals surface area contributed by atoms with Gasteiger partial charge < -0.3 is 14.8 Å². The monoisotopic (exact) mass is 328 g/mol. The molecule has 0 aliphatic heterocycles. The Balaban J connectivity index is 2.10. The molecule has 1 amide bonds. The van der Waals surface area contributed by atoms with Crippen molar-refractivity contribution in [2.24, 2.45) is 0 Å². The second-order valence-electron chi connectivity index (χ2n) is 5.98. The molecule has 24 heavy (non-hydrogen) atoms. The second kappa shape index (κ2) is 7.81. The summed E-state index contributed by atoms with van der Waals surface area (Å²) in [6.07, 6.45) is 0.942. The Morgan fingerprint density at radius 1 is 1.17 bits per heavy atom. The van der Waals surface area contributed by atoms with Crippen molar-refractivity contribution in [1.82, 2.24) is 4.98 Å². The number of amides is 1. The summed E-state index contributed by atoms with van der Waals surface area (Å²) in [6.45, 7) is 7.92. The number of hydrogen-bond donors (Lipinski definition) is 1. The summed E-state index contributed by atoms with van der Waals surface area (Å²) in [6, 6.07) is 9.57. The minimum atomic E-state index is -0.655. The van der Waals surface area contributed by atoms with Gasteiger partial charge in [-0.3, -0.25) is 4.79 Å². The van der Waals surface area contributed by atoms with Crippen LogP contribution in [0.4, 0.5) is 5.82 Å². The van der Waals surface area contributed by atoms with E-state index in [2.05, 4.69) is 30.2 Å². The van der Waals surface area contributed by atoms with E-state index >= 15 is 0 Å². The lowest BCUT2D eigenvalue weighted by Crippen LogP contribution is -2.30. The van der Waals surface area contributed by atoms with Gasteiger partial charge in [0.1, 0.15) is 5.75 Å². The van der Waals surface area contributed by atoms with Gasteiger partial charge in [-0.25, -0.2) is 4.98 Å². The summed E-state index contributed by atoms with van der Waals surface area (Å²) < 4.78 is 11.1. The molecule has 5 nitrogen and oxygen atoms in total. The molecule has 128 valence electrons. The lowest BCUT2D eigenvalue weighted by Gasteiger charge is -2.18. The van der Waals surface area contributed by atoms with E-state index in [-0.39, 0.29) is 5.91 Å². The zero-order chi connectivity index (χ0) is 17.7. The Morgan fingerprint density at radius 3 is 2.58 bits per heavy atom. The van der Waals surface area contributed by atoms with Gasteiger partial charge in [-0.1, -0.05) is 26.0 Å². The quantitative estimate of drug-likeness (QED) is 0.873. The van der Waals surface area contributed by atoms with Crippen molar-refractivity contribution < 1.29 is 14.3 Å². The van der Waals surface area contributed by atoms with Crippen LogP contribution in [0.3, 0.4) is 0 Å². The number of rotatable bonds is 6. The van der Waals surface area contributed by atoms with Gasteiger partial charge in [-0.05, 0) is 49.1 Å². The highest BCUT2D eigenvalue weighted by molar-refractivity contribution is 5.94. The number of benzene rings is 1. The van der Waals surface area contributed by atoms with Crippen LogP contribution in [-0.4, -0.2) is 24.1 Å². The van der Waals surface area contributed by atoms with Crippen LogP contribution in [-0.2, 0) is 4.79 Å². The van der Waals surface area contributed by atoms with Crippen molar-refractivity contribution in [3.63, 3.8) is 0 Å². The van der Waals surface area contributed by atoms with E-state index in [1.165, 1.54) is 12.7 Å². The third-order valence-corrected chi connectivity index (χ3v) is 3.78. The number of hydrogen-bond acceptors (Lipinski definition) is 4. The Morgan fingerprint density at radius 2 is 1.92 bits per heavy atom. The maximum absolute atomic E-state index is 12.4. The second-order valence-corrected chi connectivity index (χ2v) is 5.98. The average Bonchev–Trinajstić information content (AvgIpc) is 2.57. The fraction of sp³-hybridized carbons (Fsp3) is 0.368. The van der Waals surface area contributed by atoms with Crippen LogP contribution in [0.15, 0.2) is 36.5 Å². The maximum atomic E-state index is 12.4. The van der Waals surface area contributed by atoms with Crippen molar-refractivity contribution in [1.29, 1.82) is 0 Å². The lowest BCUT2D eigenvalue weighted by molar-refractivity contribution is -0.122. The molecule has 0 fully saturated rings. The van der Waals surface area contributed by atoms with E-state index in [0.717, 1.165) is 11.3 Å². The Bertz CT molecular complexity index is 714. The molecule has 2 rings (SSSR count). The van der Waals surface area contributed by atoms with Gasteiger partial charge in [0, 0.05) is 6.20 Å². The summed E-state index contributed by atoms with van der Waals surface area (Å²) in [5.41, 5.74) is 2.17. The van der Waals surface area contributed by atoms with E-state index in [1.807, 2.05) is 19.1 Å². The number of nitrogens with zero attached hydrogens (tertiary/aromatic N) is 1. The van der Waals surface area contributed by atoms with Crippen LogP contribution in [0.2, 0.25) is 0 Å². The van der Waals surface area contributed by atoms with E-state index in [4.69, 9.17) is 9.47 Å². The number of carbonyl (C=O) groups is 1. The number of aromatic nitrogens is 1. The third kappa shape index (κ3) is 4.25. The lowest BCUT2D eigenvalue weighted by atomic mass is 10.0. The molecule has 5 heteroatoms. The van der Waals surface area contributed by atoms with Crippen molar-refractivity contribution in [3.8, 4) is 11.5 Å². The predicted octanol–water partition coefficient (Wildman–Crippen LogP) is 3.93. The Labute approximate surface area is 143 Å². The molecule has 0 unspecified atom stereocenters. The SMILES string of the molecule is COc1cccnc1NC(=O)[C@H](C)Oc1cc(C(C)C)ccc1C. The van der Waals surface area contributed by atoms with Gasteiger partial charge in [-0.15, -0.1) is 0 Å². The minimum absolute atomic E-state index is 0.277. The number of ether oxygens (including phenoxy) is 2. The molecule has 2 aromatic rings. The van der Waals surface area contributed by atoms with Gasteiger partial charge in [0.2, 0.25) is 0 Å². The Hall–Kier alpha value is -2.56. The summed E-state index contributed by atoms with van der Waals surface area (Å²) >= 11 is 0. The highest BCUT2D eigenvalue weighted by atomic mass is 16.5. The molecule has 1 aromatic heterocycles. The molecule has 0 radical (unpaired) electrons. The molecule has 1 heterocycles. The van der Waals surface area contributed by atoms with Crippen LogP contribution in [0.25, 0.3) is 0 Å². The van der Waals surface area contributed by atoms with E-state index in [9.17, 15) is 4.79 Å². The molecule has 0 aliphatic rings. The fourth-order valence-electron chi connectivity index (χ4n) is 2.21. The number of methoxy groups -OCH3 is 1. The molecule has 1 aromatic carbocycles. The highest BCUT2D eigenvalue weighted by Crippen LogP contribution is 2.26. The third-order valence-electron chi connectivity index (χ3n) is 3.78. The number of aryl methyl sites for hydroxylation is 1. The number of nitrogens with one attached hydrogen (secondary N) is 1. The first-order valence-corrected chi connectivity index (χ1v) is 7.99. The first-order chi connectivity index (χ1) is 11.4. The molecule has 0 saturated heterocycles. The average molecular weight is 328 g/mol. The van der Waals surface area contributed by atoms with Crippen LogP contribution in [0.1, 0.15) is 37.8 Å². The smallest absolute Gasteiger partial charge is 0.266 e. The predicted molar refractivity (Wildman–Crippen MR) is 94.8 cm³/mol. The Kier molecular flexibility index (Phi) is 5.79. The van der Waals surface area contributed by atoms with Gasteiger partial charge in [0.05, 0.1) is 7.11 Å². The van der Waals surface area contributed by atoms with Gasteiger partial charge >= 0.3 is 0 Å². The topological polar surface area (TPSA) is 60.5 Å². The molecule has 0 saturated carbocycles. The van der Waals surface area contributed by atoms with Gasteiger partial charge in [0.25, 0.3) is 5.91 Å². The maximum Gasteiger partial charge on any atom is 0.266 e. The van der Waals surface area contributed by atoms with Crippen LogP contribution in [0.5, 0.6) is 11.5 Å². The normalized spacial score (nSPS) is 11.9. The zero-order valence-corrected chi connectivity index (χ0v) is 14.8. The molecule has 0 spiro atoms. The van der Waals surface area contributed by atoms with Crippen LogP contribution < -0.4 is 14.8 Å². The number of pyridine rings is 1. The largest absolute Gasteiger partial charge is 0.493 e. The first kappa shape index (κ1) is 17.8. The van der Waals surface area contributed by atoms with E-state index in [0.29, 0.717) is 17.5 Å². The summed E-state index contributed by atoms with van der Waals surface area (Å²) in [5, 5.41) is 2.74. The van der Waals surface area contributed by atoms with E-state index < -0.39 is 6.10 Å². The van der Waals surface area contributed by atoms with Crippen molar-refractivity contribution >= 4 is 11.7 Å². The fourth-order valence-corrected chi connectivity index (χ4v) is 2.21. The summed E-state index contributed by atoms with van der Waals surface area (Å²) in [7, 11) is 1.54. The van der Waals surface area contributed by atoms with Crippen molar-refractivity contribution in [3.05, 3.63) is 47.7 Å². The molecule has 1 N–H and O–H groups in total. The number of carbonyl (C=O) groups excluding carboxylic acids is 1. The molecule has 0 aliphatic carbocycles. The molecule has 0 bridgehead atoms. The van der Waals surface area contributed by atoms with Gasteiger partial charge in [0.15, 0.2) is 17.7 Å². The standard InChI is InChI=1S/C19H24N2O3/c1-12(2)15-9-8-13(3)17(11-15)24-14(4)19(22)21-18-16(23-5)7-6-10-20-18/h6-12,14H,1-5H3,(H,20,21,22)/t14-/m0/s1. The highest BCUT2D eigenvalue weighted by Gasteiger charge is 2.18. The van der Waals surface area contributed by atoms with Crippen LogP contribution in [0, 0.1) is 6.92 Å². The molecular formula is C19H24N2O3.